The molecule has 0 aromatic carbocycles. The van der Waals surface area contributed by atoms with Crippen molar-refractivity contribution in [3.63, 3.8) is 0 Å². The van der Waals surface area contributed by atoms with E-state index in [0.717, 1.165) is 12.5 Å². The fourth-order valence-corrected chi connectivity index (χ4v) is 1.48. The molecule has 0 amide bonds. The van der Waals surface area contributed by atoms with Gasteiger partial charge in [0.05, 0.1) is 12.7 Å². The van der Waals surface area contributed by atoms with Gasteiger partial charge in [-0.25, -0.2) is 0 Å². The van der Waals surface area contributed by atoms with Crippen LogP contribution in [0.3, 0.4) is 0 Å². The third-order valence-corrected chi connectivity index (χ3v) is 3.17. The minimum absolute atomic E-state index is 0.0591. The molecule has 0 bridgehead atoms. The fourth-order valence-electron chi connectivity index (χ4n) is 1.48. The Kier molecular flexibility index (Phi) is 4.39. The monoisotopic (exact) mass is 200 g/mol. The lowest BCUT2D eigenvalue weighted by Crippen LogP contribution is -2.31. The van der Waals surface area contributed by atoms with Gasteiger partial charge in [0.2, 0.25) is 0 Å². The summed E-state index contributed by atoms with van der Waals surface area (Å²) in [6, 6.07) is 0. The summed E-state index contributed by atoms with van der Waals surface area (Å²) in [6.45, 7) is 7.40. The molecule has 2 heteroatoms. The Bertz CT molecular complexity index is 156. The maximum Gasteiger partial charge on any atom is 0.0821 e. The zero-order chi connectivity index (χ0) is 10.6. The van der Waals surface area contributed by atoms with Crippen molar-refractivity contribution in [2.75, 3.05) is 13.2 Å². The average Bonchev–Trinajstić information content (AvgIpc) is 1.98. The maximum atomic E-state index is 9.70. The fraction of sp³-hybridized carbons (Fsp3) is 1.00. The molecule has 1 rings (SSSR count). The molecule has 1 aliphatic carbocycles. The molecular weight excluding hydrogens is 176 g/mol. The molecular formula is C12H24O2. The van der Waals surface area contributed by atoms with E-state index in [-0.39, 0.29) is 11.5 Å². The van der Waals surface area contributed by atoms with Crippen LogP contribution in [0.5, 0.6) is 0 Å². The van der Waals surface area contributed by atoms with Crippen LogP contribution in [0.2, 0.25) is 0 Å². The van der Waals surface area contributed by atoms with Gasteiger partial charge < -0.3 is 9.84 Å². The second-order valence-electron chi connectivity index (χ2n) is 5.54. The van der Waals surface area contributed by atoms with Crippen molar-refractivity contribution < 1.29 is 9.84 Å². The minimum atomic E-state index is -0.344. The zero-order valence-corrected chi connectivity index (χ0v) is 9.75. The standard InChI is InChI=1S/C12H24O2/c1-12(2,3)11(13)9-14-8-7-10-5-4-6-10/h10-11,13H,4-9H2,1-3H3. The molecule has 1 fully saturated rings. The lowest BCUT2D eigenvalue weighted by Gasteiger charge is -2.27. The van der Waals surface area contributed by atoms with Gasteiger partial charge >= 0.3 is 0 Å². The van der Waals surface area contributed by atoms with E-state index in [1.165, 1.54) is 25.7 Å². The van der Waals surface area contributed by atoms with E-state index in [1.54, 1.807) is 0 Å². The normalized spacial score (nSPS) is 20.6. The van der Waals surface area contributed by atoms with Crippen molar-refractivity contribution in [3.05, 3.63) is 0 Å². The molecule has 0 aliphatic heterocycles. The Balaban J connectivity index is 1.97. The van der Waals surface area contributed by atoms with Crippen molar-refractivity contribution in [2.24, 2.45) is 11.3 Å². The number of aliphatic hydroxyl groups excluding tert-OH is 1. The Labute approximate surface area is 87.7 Å². The summed E-state index contributed by atoms with van der Waals surface area (Å²) in [6.07, 6.45) is 4.99. The molecule has 0 aromatic rings. The molecule has 14 heavy (non-hydrogen) atoms. The van der Waals surface area contributed by atoms with Crippen molar-refractivity contribution in [3.8, 4) is 0 Å². The molecule has 1 unspecified atom stereocenters. The summed E-state index contributed by atoms with van der Waals surface area (Å²) >= 11 is 0. The molecule has 1 atom stereocenters. The smallest absolute Gasteiger partial charge is 0.0821 e. The Morgan fingerprint density at radius 3 is 2.43 bits per heavy atom. The largest absolute Gasteiger partial charge is 0.390 e. The molecule has 1 saturated carbocycles. The maximum absolute atomic E-state index is 9.70. The number of hydrogen-bond donors (Lipinski definition) is 1. The Hall–Kier alpha value is -0.0800. The predicted octanol–water partition coefficient (Wildman–Crippen LogP) is 2.60. The number of aliphatic hydroxyl groups is 1. The van der Waals surface area contributed by atoms with Crippen LogP contribution in [0, 0.1) is 11.3 Å². The first-order valence-corrected chi connectivity index (χ1v) is 5.76. The van der Waals surface area contributed by atoms with Crippen LogP contribution in [0.1, 0.15) is 46.5 Å². The second kappa shape index (κ2) is 5.13. The van der Waals surface area contributed by atoms with Crippen LogP contribution in [-0.2, 0) is 4.74 Å². The molecule has 1 aliphatic rings. The van der Waals surface area contributed by atoms with E-state index in [9.17, 15) is 5.11 Å². The Morgan fingerprint density at radius 2 is 2.00 bits per heavy atom. The number of hydrogen-bond acceptors (Lipinski definition) is 2. The molecule has 84 valence electrons. The summed E-state index contributed by atoms with van der Waals surface area (Å²) in [5, 5.41) is 9.70. The third kappa shape index (κ3) is 3.97. The van der Waals surface area contributed by atoms with Gasteiger partial charge in [-0.1, -0.05) is 40.0 Å². The van der Waals surface area contributed by atoms with Gasteiger partial charge in [-0.3, -0.25) is 0 Å². The SMILES string of the molecule is CC(C)(C)C(O)COCCC1CCC1. The van der Waals surface area contributed by atoms with Crippen molar-refractivity contribution in [1.82, 2.24) is 0 Å². The molecule has 0 spiro atoms. The Morgan fingerprint density at radius 1 is 1.36 bits per heavy atom. The lowest BCUT2D eigenvalue weighted by molar-refractivity contribution is -0.0248. The van der Waals surface area contributed by atoms with Gasteiger partial charge in [0, 0.05) is 6.61 Å². The van der Waals surface area contributed by atoms with Gasteiger partial charge in [0.15, 0.2) is 0 Å². The topological polar surface area (TPSA) is 29.5 Å². The predicted molar refractivity (Wildman–Crippen MR) is 58.2 cm³/mol. The summed E-state index contributed by atoms with van der Waals surface area (Å²) in [7, 11) is 0. The van der Waals surface area contributed by atoms with Gasteiger partial charge in [0.1, 0.15) is 0 Å². The van der Waals surface area contributed by atoms with Crippen molar-refractivity contribution in [2.45, 2.75) is 52.6 Å². The molecule has 0 aromatic heterocycles. The third-order valence-electron chi connectivity index (χ3n) is 3.17. The first-order valence-electron chi connectivity index (χ1n) is 5.76. The van der Waals surface area contributed by atoms with E-state index in [1.807, 2.05) is 20.8 Å². The first-order chi connectivity index (χ1) is 6.50. The van der Waals surface area contributed by atoms with Crippen LogP contribution in [0.4, 0.5) is 0 Å². The number of ether oxygens (including phenoxy) is 1. The summed E-state index contributed by atoms with van der Waals surface area (Å²) < 4.78 is 5.48. The highest BCUT2D eigenvalue weighted by molar-refractivity contribution is 4.72. The molecule has 0 heterocycles. The minimum Gasteiger partial charge on any atom is -0.390 e. The quantitative estimate of drug-likeness (QED) is 0.691. The van der Waals surface area contributed by atoms with Gasteiger partial charge in [-0.2, -0.15) is 0 Å². The van der Waals surface area contributed by atoms with E-state index < -0.39 is 0 Å². The van der Waals surface area contributed by atoms with Gasteiger partial charge in [-0.05, 0) is 17.8 Å². The van der Waals surface area contributed by atoms with E-state index in [2.05, 4.69) is 0 Å². The molecule has 0 radical (unpaired) electrons. The second-order valence-corrected chi connectivity index (χ2v) is 5.54. The van der Waals surface area contributed by atoms with Crippen LogP contribution in [0.15, 0.2) is 0 Å². The lowest BCUT2D eigenvalue weighted by atomic mass is 9.83. The van der Waals surface area contributed by atoms with E-state index in [4.69, 9.17) is 4.74 Å². The number of rotatable bonds is 5. The average molecular weight is 200 g/mol. The summed E-state index contributed by atoms with van der Waals surface area (Å²) in [5.41, 5.74) is -0.0591. The highest BCUT2D eigenvalue weighted by Gasteiger charge is 2.22. The first kappa shape index (κ1) is 12.0. The van der Waals surface area contributed by atoms with Crippen LogP contribution in [0.25, 0.3) is 0 Å². The molecule has 0 saturated heterocycles. The van der Waals surface area contributed by atoms with Crippen LogP contribution < -0.4 is 0 Å². The highest BCUT2D eigenvalue weighted by atomic mass is 16.5. The zero-order valence-electron chi connectivity index (χ0n) is 9.75. The van der Waals surface area contributed by atoms with E-state index in [0.29, 0.717) is 6.61 Å². The van der Waals surface area contributed by atoms with Gasteiger partial charge in [0.25, 0.3) is 0 Å². The summed E-state index contributed by atoms with van der Waals surface area (Å²) in [4.78, 5) is 0. The molecule has 2 nitrogen and oxygen atoms in total. The highest BCUT2D eigenvalue weighted by Crippen LogP contribution is 2.29. The van der Waals surface area contributed by atoms with Crippen molar-refractivity contribution in [1.29, 1.82) is 0 Å². The van der Waals surface area contributed by atoms with Crippen LogP contribution in [-0.4, -0.2) is 24.4 Å². The summed E-state index contributed by atoms with van der Waals surface area (Å²) in [5.74, 6) is 0.904. The van der Waals surface area contributed by atoms with Gasteiger partial charge in [-0.15, -0.1) is 0 Å². The van der Waals surface area contributed by atoms with Crippen molar-refractivity contribution >= 4 is 0 Å². The van der Waals surface area contributed by atoms with E-state index >= 15 is 0 Å². The van der Waals surface area contributed by atoms with Crippen LogP contribution >= 0.6 is 0 Å². The molecule has 1 N–H and O–H groups in total.